The summed E-state index contributed by atoms with van der Waals surface area (Å²) < 4.78 is 2.39. The molecule has 0 radical (unpaired) electrons. The SMILES string of the molecule is CCCCCCCCCn1c(C2CC(=O)N(c3cccc4ccccc34)C2)nc2ccccc21. The van der Waals surface area contributed by atoms with Gasteiger partial charge in [-0.25, -0.2) is 4.98 Å². The first-order chi connectivity index (χ1) is 16.8. The van der Waals surface area contributed by atoms with Gasteiger partial charge in [0.1, 0.15) is 5.82 Å². The number of aromatic nitrogens is 2. The summed E-state index contributed by atoms with van der Waals surface area (Å²) in [5.74, 6) is 1.38. The van der Waals surface area contributed by atoms with E-state index in [1.54, 1.807) is 0 Å². The Labute approximate surface area is 202 Å². The van der Waals surface area contributed by atoms with Gasteiger partial charge in [-0.1, -0.05) is 94.0 Å². The van der Waals surface area contributed by atoms with E-state index in [-0.39, 0.29) is 11.8 Å². The molecule has 2 heterocycles. The van der Waals surface area contributed by atoms with Crippen LogP contribution in [0.4, 0.5) is 5.69 Å². The molecule has 4 nitrogen and oxygen atoms in total. The quantitative estimate of drug-likeness (QED) is 0.234. The van der Waals surface area contributed by atoms with Crippen LogP contribution in [0.15, 0.2) is 66.7 Å². The molecule has 1 atom stereocenters. The number of carbonyl (C=O) groups excluding carboxylic acids is 1. The van der Waals surface area contributed by atoms with Gasteiger partial charge in [-0.15, -0.1) is 0 Å². The number of benzene rings is 3. The van der Waals surface area contributed by atoms with Crippen molar-refractivity contribution in [3.05, 3.63) is 72.6 Å². The Morgan fingerprint density at radius 3 is 2.47 bits per heavy atom. The Bertz CT molecular complexity index is 1270. The molecule has 1 aliphatic heterocycles. The minimum atomic E-state index is 0.114. The third kappa shape index (κ3) is 4.59. The Morgan fingerprint density at radius 2 is 1.59 bits per heavy atom. The van der Waals surface area contributed by atoms with Crippen LogP contribution < -0.4 is 4.90 Å². The smallest absolute Gasteiger partial charge is 0.227 e. The van der Waals surface area contributed by atoms with E-state index in [4.69, 9.17) is 4.98 Å². The molecule has 1 amide bonds. The first kappa shape index (κ1) is 22.6. The van der Waals surface area contributed by atoms with Gasteiger partial charge in [0.25, 0.3) is 0 Å². The summed E-state index contributed by atoms with van der Waals surface area (Å²) in [4.78, 5) is 20.2. The van der Waals surface area contributed by atoms with Crippen molar-refractivity contribution in [1.82, 2.24) is 9.55 Å². The van der Waals surface area contributed by atoms with E-state index >= 15 is 0 Å². The third-order valence-corrected chi connectivity index (χ3v) is 7.22. The number of nitrogens with zero attached hydrogens (tertiary/aromatic N) is 3. The molecule has 0 spiro atoms. The normalized spacial score (nSPS) is 16.2. The highest BCUT2D eigenvalue weighted by atomic mass is 16.2. The number of hydrogen-bond donors (Lipinski definition) is 0. The predicted octanol–water partition coefficient (Wildman–Crippen LogP) is 7.46. The van der Waals surface area contributed by atoms with Crippen molar-refractivity contribution in [1.29, 1.82) is 0 Å². The van der Waals surface area contributed by atoms with Gasteiger partial charge in [0.05, 0.1) is 16.7 Å². The Morgan fingerprint density at radius 1 is 0.853 bits per heavy atom. The summed E-state index contributed by atoms with van der Waals surface area (Å²) in [6, 6.07) is 23.0. The molecule has 1 aliphatic rings. The lowest BCUT2D eigenvalue weighted by Crippen LogP contribution is -2.24. The van der Waals surface area contributed by atoms with E-state index in [0.29, 0.717) is 13.0 Å². The molecule has 4 aromatic rings. The molecule has 1 aromatic heterocycles. The van der Waals surface area contributed by atoms with E-state index in [1.165, 1.54) is 49.4 Å². The first-order valence-electron chi connectivity index (χ1n) is 13.0. The number of amides is 1. The molecular formula is C30H35N3O. The molecule has 0 aliphatic carbocycles. The number of imidazole rings is 1. The molecule has 1 fully saturated rings. The summed E-state index contributed by atoms with van der Waals surface area (Å²) >= 11 is 0. The third-order valence-electron chi connectivity index (χ3n) is 7.22. The highest BCUT2D eigenvalue weighted by Crippen LogP contribution is 2.36. The van der Waals surface area contributed by atoms with Crippen LogP contribution >= 0.6 is 0 Å². The van der Waals surface area contributed by atoms with Gasteiger partial charge in [0, 0.05) is 30.8 Å². The van der Waals surface area contributed by atoms with Crippen molar-refractivity contribution in [2.45, 2.75) is 70.8 Å². The molecule has 1 saturated heterocycles. The fraction of sp³-hybridized carbons (Fsp3) is 0.400. The molecule has 0 N–H and O–H groups in total. The lowest BCUT2D eigenvalue weighted by atomic mass is 10.1. The largest absolute Gasteiger partial charge is 0.328 e. The molecule has 176 valence electrons. The van der Waals surface area contributed by atoms with Crippen molar-refractivity contribution in [2.24, 2.45) is 0 Å². The number of hydrogen-bond acceptors (Lipinski definition) is 2. The molecule has 5 rings (SSSR count). The van der Waals surface area contributed by atoms with Gasteiger partial charge in [-0.2, -0.15) is 0 Å². The van der Waals surface area contributed by atoms with Crippen LogP contribution in [0, 0.1) is 0 Å². The van der Waals surface area contributed by atoms with E-state index in [1.807, 2.05) is 23.1 Å². The zero-order valence-electron chi connectivity index (χ0n) is 20.2. The summed E-state index contributed by atoms with van der Waals surface area (Å²) in [5, 5.41) is 2.30. The standard InChI is InChI=1S/C30H35N3O/c1-2-3-4-5-6-7-12-20-32-28-18-11-10-17-26(28)31-30(32)24-21-29(34)33(22-24)27-19-13-15-23-14-8-9-16-25(23)27/h8-11,13-19,24H,2-7,12,20-22H2,1H3. The van der Waals surface area contributed by atoms with Crippen LogP contribution in [-0.4, -0.2) is 22.0 Å². The van der Waals surface area contributed by atoms with Gasteiger partial charge in [0.15, 0.2) is 0 Å². The van der Waals surface area contributed by atoms with Crippen molar-refractivity contribution in [3.63, 3.8) is 0 Å². The molecule has 0 saturated carbocycles. The fourth-order valence-electron chi connectivity index (χ4n) is 5.42. The lowest BCUT2D eigenvalue weighted by molar-refractivity contribution is -0.117. The average molecular weight is 454 g/mol. The van der Waals surface area contributed by atoms with Crippen molar-refractivity contribution in [2.75, 3.05) is 11.4 Å². The van der Waals surface area contributed by atoms with E-state index in [0.717, 1.165) is 35.4 Å². The van der Waals surface area contributed by atoms with E-state index < -0.39 is 0 Å². The van der Waals surface area contributed by atoms with Gasteiger partial charge in [-0.3, -0.25) is 4.79 Å². The molecule has 0 bridgehead atoms. The molecule has 34 heavy (non-hydrogen) atoms. The zero-order valence-corrected chi connectivity index (χ0v) is 20.2. The summed E-state index contributed by atoms with van der Waals surface area (Å²) in [7, 11) is 0. The highest BCUT2D eigenvalue weighted by Gasteiger charge is 2.35. The maximum Gasteiger partial charge on any atom is 0.227 e. The number of anilines is 1. The van der Waals surface area contributed by atoms with Crippen molar-refractivity contribution in [3.8, 4) is 0 Å². The second kappa shape index (κ2) is 10.4. The Kier molecular flexibility index (Phi) is 6.94. The van der Waals surface area contributed by atoms with Crippen LogP contribution in [0.3, 0.4) is 0 Å². The highest BCUT2D eigenvalue weighted by molar-refractivity contribution is 6.05. The van der Waals surface area contributed by atoms with Crippen LogP contribution in [0.5, 0.6) is 0 Å². The maximum atomic E-state index is 13.2. The predicted molar refractivity (Wildman–Crippen MR) is 141 cm³/mol. The van der Waals surface area contributed by atoms with E-state index in [9.17, 15) is 4.79 Å². The number of para-hydroxylation sites is 2. The minimum Gasteiger partial charge on any atom is -0.328 e. The molecule has 3 aromatic carbocycles. The second-order valence-corrected chi connectivity index (χ2v) is 9.64. The number of fused-ring (bicyclic) bond motifs is 2. The first-order valence-corrected chi connectivity index (χ1v) is 13.0. The fourth-order valence-corrected chi connectivity index (χ4v) is 5.42. The van der Waals surface area contributed by atoms with Gasteiger partial charge in [0.2, 0.25) is 5.91 Å². The lowest BCUT2D eigenvalue weighted by Gasteiger charge is -2.19. The number of unbranched alkanes of at least 4 members (excludes halogenated alkanes) is 6. The number of carbonyl (C=O) groups is 1. The van der Waals surface area contributed by atoms with E-state index in [2.05, 4.69) is 60.0 Å². The Balaban J connectivity index is 1.36. The van der Waals surface area contributed by atoms with Crippen LogP contribution in [0.2, 0.25) is 0 Å². The second-order valence-electron chi connectivity index (χ2n) is 9.64. The summed E-state index contributed by atoms with van der Waals surface area (Å²) in [5.41, 5.74) is 3.25. The number of aryl methyl sites for hydroxylation is 1. The van der Waals surface area contributed by atoms with Crippen LogP contribution in [0.1, 0.15) is 70.0 Å². The average Bonchev–Trinajstić information content (AvgIpc) is 3.43. The van der Waals surface area contributed by atoms with Gasteiger partial charge >= 0.3 is 0 Å². The Hall–Kier alpha value is -3.14. The zero-order chi connectivity index (χ0) is 23.3. The summed E-state index contributed by atoms with van der Waals surface area (Å²) in [6.45, 7) is 3.93. The van der Waals surface area contributed by atoms with Crippen LogP contribution in [0.25, 0.3) is 21.8 Å². The monoisotopic (exact) mass is 453 g/mol. The molecule has 1 unspecified atom stereocenters. The van der Waals surface area contributed by atoms with Crippen LogP contribution in [-0.2, 0) is 11.3 Å². The molecule has 4 heteroatoms. The van der Waals surface area contributed by atoms with Crippen molar-refractivity contribution < 1.29 is 4.79 Å². The van der Waals surface area contributed by atoms with Gasteiger partial charge < -0.3 is 9.47 Å². The number of rotatable bonds is 10. The summed E-state index contributed by atoms with van der Waals surface area (Å²) in [6.07, 6.45) is 9.56. The maximum absolute atomic E-state index is 13.2. The topological polar surface area (TPSA) is 38.1 Å². The minimum absolute atomic E-state index is 0.114. The van der Waals surface area contributed by atoms with Gasteiger partial charge in [-0.05, 0) is 30.0 Å². The molecular weight excluding hydrogens is 418 g/mol. The van der Waals surface area contributed by atoms with Crippen molar-refractivity contribution >= 4 is 33.4 Å².